The van der Waals surface area contributed by atoms with E-state index in [0.717, 1.165) is 5.69 Å². The first kappa shape index (κ1) is 13.6. The van der Waals surface area contributed by atoms with Crippen LogP contribution in [0.4, 0.5) is 5.69 Å². The molecule has 0 saturated carbocycles. The summed E-state index contributed by atoms with van der Waals surface area (Å²) >= 11 is 11.8. The number of halogens is 2. The SMILES string of the molecule is O=C(c1cc(Cl)cc(Cl)c1)c1ccc2c(c1)S(=O)CN2. The molecular weight excluding hydrogens is 317 g/mol. The maximum atomic E-state index is 12.4. The second-order valence-electron chi connectivity index (χ2n) is 4.36. The van der Waals surface area contributed by atoms with Crippen LogP contribution in [0.2, 0.25) is 10.0 Å². The van der Waals surface area contributed by atoms with Crippen LogP contribution in [0, 0.1) is 0 Å². The summed E-state index contributed by atoms with van der Waals surface area (Å²) in [6.45, 7) is 0. The lowest BCUT2D eigenvalue weighted by molar-refractivity contribution is 0.103. The van der Waals surface area contributed by atoms with Gasteiger partial charge < -0.3 is 5.32 Å². The van der Waals surface area contributed by atoms with Crippen molar-refractivity contribution in [2.45, 2.75) is 4.90 Å². The molecule has 20 heavy (non-hydrogen) atoms. The van der Waals surface area contributed by atoms with Gasteiger partial charge in [-0.3, -0.25) is 9.00 Å². The van der Waals surface area contributed by atoms with E-state index in [9.17, 15) is 9.00 Å². The molecule has 102 valence electrons. The second-order valence-corrected chi connectivity index (χ2v) is 6.66. The van der Waals surface area contributed by atoms with Crippen LogP contribution in [0.3, 0.4) is 0 Å². The maximum Gasteiger partial charge on any atom is 0.193 e. The van der Waals surface area contributed by atoms with E-state index in [1.54, 1.807) is 36.4 Å². The zero-order valence-corrected chi connectivity index (χ0v) is 12.5. The van der Waals surface area contributed by atoms with Crippen LogP contribution in [-0.2, 0) is 10.8 Å². The van der Waals surface area contributed by atoms with Gasteiger partial charge in [-0.15, -0.1) is 0 Å². The predicted molar refractivity (Wildman–Crippen MR) is 81.2 cm³/mol. The van der Waals surface area contributed by atoms with Gasteiger partial charge in [0.2, 0.25) is 0 Å². The summed E-state index contributed by atoms with van der Waals surface area (Å²) in [6.07, 6.45) is 0. The van der Waals surface area contributed by atoms with Gasteiger partial charge >= 0.3 is 0 Å². The van der Waals surface area contributed by atoms with Crippen molar-refractivity contribution in [1.82, 2.24) is 0 Å². The van der Waals surface area contributed by atoms with Crippen LogP contribution >= 0.6 is 23.2 Å². The fourth-order valence-electron chi connectivity index (χ4n) is 2.07. The number of carbonyl (C=O) groups excluding carboxylic acids is 1. The lowest BCUT2D eigenvalue weighted by atomic mass is 10.0. The molecule has 1 atom stereocenters. The molecule has 2 aromatic rings. The van der Waals surface area contributed by atoms with Crippen molar-refractivity contribution in [1.29, 1.82) is 0 Å². The zero-order chi connectivity index (χ0) is 14.3. The van der Waals surface area contributed by atoms with Gasteiger partial charge in [0.15, 0.2) is 5.78 Å². The van der Waals surface area contributed by atoms with E-state index in [1.807, 2.05) is 0 Å². The Morgan fingerprint density at radius 3 is 2.45 bits per heavy atom. The van der Waals surface area contributed by atoms with Crippen molar-refractivity contribution >= 4 is 45.5 Å². The van der Waals surface area contributed by atoms with Gasteiger partial charge in [0.1, 0.15) is 0 Å². The summed E-state index contributed by atoms with van der Waals surface area (Å²) in [5.41, 5.74) is 1.70. The van der Waals surface area contributed by atoms with Gasteiger partial charge in [0.25, 0.3) is 0 Å². The summed E-state index contributed by atoms with van der Waals surface area (Å²) in [7, 11) is -1.11. The van der Waals surface area contributed by atoms with Gasteiger partial charge in [-0.05, 0) is 36.4 Å². The monoisotopic (exact) mass is 325 g/mol. The molecule has 1 aliphatic rings. The smallest absolute Gasteiger partial charge is 0.193 e. The minimum atomic E-state index is -1.11. The number of hydrogen-bond acceptors (Lipinski definition) is 3. The highest BCUT2D eigenvalue weighted by Gasteiger charge is 2.20. The van der Waals surface area contributed by atoms with E-state index >= 15 is 0 Å². The lowest BCUT2D eigenvalue weighted by Gasteiger charge is -2.05. The number of nitrogens with one attached hydrogen (secondary N) is 1. The Bertz CT molecular complexity index is 726. The molecule has 6 heteroatoms. The number of ketones is 1. The van der Waals surface area contributed by atoms with Crippen LogP contribution in [-0.4, -0.2) is 15.9 Å². The summed E-state index contributed by atoms with van der Waals surface area (Å²) in [4.78, 5) is 13.1. The molecule has 1 heterocycles. The van der Waals surface area contributed by atoms with Gasteiger partial charge in [-0.2, -0.15) is 0 Å². The third-order valence-corrected chi connectivity index (χ3v) is 4.68. The third-order valence-electron chi connectivity index (χ3n) is 3.01. The Morgan fingerprint density at radius 2 is 1.75 bits per heavy atom. The predicted octanol–water partition coefficient (Wildman–Crippen LogP) is 3.72. The Labute approximate surface area is 128 Å². The van der Waals surface area contributed by atoms with Gasteiger partial charge in [0.05, 0.1) is 27.3 Å². The first-order valence-electron chi connectivity index (χ1n) is 5.82. The first-order chi connectivity index (χ1) is 9.54. The molecule has 0 bridgehead atoms. The highest BCUT2D eigenvalue weighted by molar-refractivity contribution is 7.85. The molecule has 0 spiro atoms. The van der Waals surface area contributed by atoms with E-state index < -0.39 is 10.8 Å². The van der Waals surface area contributed by atoms with E-state index in [2.05, 4.69) is 5.32 Å². The average molecular weight is 326 g/mol. The van der Waals surface area contributed by atoms with Crippen molar-refractivity contribution in [2.75, 3.05) is 11.2 Å². The number of carbonyl (C=O) groups is 1. The normalized spacial score (nSPS) is 16.6. The Balaban J connectivity index is 2.03. The number of anilines is 1. The van der Waals surface area contributed by atoms with Crippen molar-refractivity contribution in [3.05, 3.63) is 57.6 Å². The second kappa shape index (κ2) is 5.20. The lowest BCUT2D eigenvalue weighted by Crippen LogP contribution is -2.02. The van der Waals surface area contributed by atoms with Crippen LogP contribution in [0.5, 0.6) is 0 Å². The summed E-state index contributed by atoms with van der Waals surface area (Å²) in [6, 6.07) is 9.83. The highest BCUT2D eigenvalue weighted by Crippen LogP contribution is 2.28. The van der Waals surface area contributed by atoms with Crippen LogP contribution in [0.15, 0.2) is 41.3 Å². The van der Waals surface area contributed by atoms with E-state index in [1.165, 1.54) is 0 Å². The Morgan fingerprint density at radius 1 is 1.05 bits per heavy atom. The van der Waals surface area contributed by atoms with Gasteiger partial charge in [-0.1, -0.05) is 23.2 Å². The molecule has 1 N–H and O–H groups in total. The quantitative estimate of drug-likeness (QED) is 0.856. The Hall–Kier alpha value is -1.36. The third kappa shape index (κ3) is 2.46. The van der Waals surface area contributed by atoms with E-state index in [4.69, 9.17) is 23.2 Å². The molecule has 3 nitrogen and oxygen atoms in total. The molecule has 0 saturated heterocycles. The van der Waals surface area contributed by atoms with Crippen molar-refractivity contribution in [2.24, 2.45) is 0 Å². The molecule has 0 aromatic heterocycles. The highest BCUT2D eigenvalue weighted by atomic mass is 35.5. The molecule has 0 amide bonds. The van der Waals surface area contributed by atoms with E-state index in [-0.39, 0.29) is 5.78 Å². The van der Waals surface area contributed by atoms with Crippen LogP contribution in [0.25, 0.3) is 0 Å². The van der Waals surface area contributed by atoms with Gasteiger partial charge in [-0.25, -0.2) is 0 Å². The minimum Gasteiger partial charge on any atom is -0.372 e. The molecule has 1 unspecified atom stereocenters. The number of rotatable bonds is 2. The number of fused-ring (bicyclic) bond motifs is 1. The van der Waals surface area contributed by atoms with Crippen molar-refractivity contribution in [3.63, 3.8) is 0 Å². The molecular formula is C14H9Cl2NO2S. The fraction of sp³-hybridized carbons (Fsp3) is 0.0714. The van der Waals surface area contributed by atoms with Crippen LogP contribution < -0.4 is 5.32 Å². The molecule has 0 fully saturated rings. The minimum absolute atomic E-state index is 0.193. The zero-order valence-electron chi connectivity index (χ0n) is 10.2. The number of hydrogen-bond donors (Lipinski definition) is 1. The molecule has 2 aromatic carbocycles. The average Bonchev–Trinajstić information content (AvgIpc) is 2.78. The summed E-state index contributed by atoms with van der Waals surface area (Å²) < 4.78 is 11.8. The molecule has 0 aliphatic carbocycles. The standard InChI is InChI=1S/C14H9Cl2NO2S/c15-10-3-9(4-11(16)6-10)14(18)8-1-2-12-13(5-8)20(19)7-17-12/h1-6,17H,7H2. The van der Waals surface area contributed by atoms with E-state index in [0.29, 0.717) is 31.9 Å². The summed E-state index contributed by atoms with van der Waals surface area (Å²) in [5, 5.41) is 3.84. The maximum absolute atomic E-state index is 12.4. The molecule has 1 aliphatic heterocycles. The topological polar surface area (TPSA) is 46.2 Å². The molecule has 0 radical (unpaired) electrons. The number of benzene rings is 2. The fourth-order valence-corrected chi connectivity index (χ4v) is 3.68. The van der Waals surface area contributed by atoms with Gasteiger partial charge in [0, 0.05) is 21.2 Å². The van der Waals surface area contributed by atoms with Crippen LogP contribution in [0.1, 0.15) is 15.9 Å². The Kier molecular flexibility index (Phi) is 3.54. The largest absolute Gasteiger partial charge is 0.372 e. The van der Waals surface area contributed by atoms with Crippen molar-refractivity contribution < 1.29 is 9.00 Å². The summed E-state index contributed by atoms with van der Waals surface area (Å²) in [5.74, 6) is 0.191. The first-order valence-corrected chi connectivity index (χ1v) is 7.89. The molecule has 3 rings (SSSR count). The van der Waals surface area contributed by atoms with Crippen molar-refractivity contribution in [3.8, 4) is 0 Å².